The van der Waals surface area contributed by atoms with Gasteiger partial charge in [-0.3, -0.25) is 0 Å². The maximum Gasteiger partial charge on any atom is 0.00793 e. The van der Waals surface area contributed by atoms with E-state index in [1.165, 1.54) is 12.8 Å². The van der Waals surface area contributed by atoms with E-state index in [9.17, 15) is 0 Å². The molecule has 0 amide bonds. The van der Waals surface area contributed by atoms with Crippen LogP contribution in [0.2, 0.25) is 0 Å². The summed E-state index contributed by atoms with van der Waals surface area (Å²) in [6.45, 7) is 0.779. The summed E-state index contributed by atoms with van der Waals surface area (Å²) in [7, 11) is 0. The summed E-state index contributed by atoms with van der Waals surface area (Å²) < 4.78 is 0. The van der Waals surface area contributed by atoms with E-state index >= 15 is 0 Å². The molecule has 4 N–H and O–H groups in total. The van der Waals surface area contributed by atoms with E-state index in [-0.39, 0.29) is 0 Å². The summed E-state index contributed by atoms with van der Waals surface area (Å²) >= 11 is 0. The fraction of sp³-hybridized carbons (Fsp3) is 1.00. The van der Waals surface area contributed by atoms with Gasteiger partial charge in [-0.2, -0.15) is 0 Å². The zero-order chi connectivity index (χ0) is 5.28. The van der Waals surface area contributed by atoms with Gasteiger partial charge >= 0.3 is 0 Å². The highest BCUT2D eigenvalue weighted by atomic mass is 14.7. The van der Waals surface area contributed by atoms with Gasteiger partial charge in [0.15, 0.2) is 0 Å². The third-order valence-electron chi connectivity index (χ3n) is 1.78. The van der Waals surface area contributed by atoms with Crippen LogP contribution < -0.4 is 11.5 Å². The van der Waals surface area contributed by atoms with E-state index in [1.54, 1.807) is 0 Å². The van der Waals surface area contributed by atoms with Gasteiger partial charge in [0.25, 0.3) is 0 Å². The summed E-state index contributed by atoms with van der Waals surface area (Å²) in [6, 6.07) is 0.421. The Kier molecular flexibility index (Phi) is 1.30. The van der Waals surface area contributed by atoms with Gasteiger partial charge in [0.1, 0.15) is 0 Å². The molecule has 0 heterocycles. The smallest absolute Gasteiger partial charge is 0.00793 e. The van der Waals surface area contributed by atoms with Crippen LogP contribution in [0.3, 0.4) is 0 Å². The van der Waals surface area contributed by atoms with Crippen molar-refractivity contribution in [3.05, 3.63) is 0 Å². The quantitative estimate of drug-likeness (QED) is 0.474. The topological polar surface area (TPSA) is 52.0 Å². The van der Waals surface area contributed by atoms with Gasteiger partial charge in [0, 0.05) is 6.04 Å². The van der Waals surface area contributed by atoms with Gasteiger partial charge in [0.2, 0.25) is 0 Å². The van der Waals surface area contributed by atoms with Crippen molar-refractivity contribution < 1.29 is 0 Å². The van der Waals surface area contributed by atoms with E-state index in [2.05, 4.69) is 0 Å². The van der Waals surface area contributed by atoms with E-state index in [1.807, 2.05) is 0 Å². The first kappa shape index (κ1) is 5.06. The molecule has 2 unspecified atom stereocenters. The SMILES string of the molecule is NCC1CCC1N. The normalized spacial score (nSPS) is 40.3. The molecule has 1 fully saturated rings. The Bertz CT molecular complexity index is 61.1. The minimum Gasteiger partial charge on any atom is -0.330 e. The van der Waals surface area contributed by atoms with Gasteiger partial charge in [-0.25, -0.2) is 0 Å². The maximum atomic E-state index is 5.55. The Labute approximate surface area is 43.9 Å². The van der Waals surface area contributed by atoms with Gasteiger partial charge < -0.3 is 11.5 Å². The fourth-order valence-electron chi connectivity index (χ4n) is 0.887. The molecular formula is C5H12N2. The second kappa shape index (κ2) is 1.80. The number of nitrogens with two attached hydrogens (primary N) is 2. The molecule has 2 nitrogen and oxygen atoms in total. The summed E-state index contributed by atoms with van der Waals surface area (Å²) in [6.07, 6.45) is 2.43. The third-order valence-corrected chi connectivity index (χ3v) is 1.78. The van der Waals surface area contributed by atoms with Gasteiger partial charge in [-0.05, 0) is 25.3 Å². The molecule has 0 bridgehead atoms. The monoisotopic (exact) mass is 100 g/mol. The lowest BCUT2D eigenvalue weighted by Crippen LogP contribution is -2.43. The van der Waals surface area contributed by atoms with Crippen molar-refractivity contribution in [1.82, 2.24) is 0 Å². The molecule has 1 aliphatic carbocycles. The Morgan fingerprint density at radius 2 is 2.14 bits per heavy atom. The van der Waals surface area contributed by atoms with E-state index < -0.39 is 0 Å². The van der Waals surface area contributed by atoms with Crippen LogP contribution in [0.4, 0.5) is 0 Å². The molecule has 0 saturated heterocycles. The van der Waals surface area contributed by atoms with E-state index in [0.29, 0.717) is 12.0 Å². The summed E-state index contributed by atoms with van der Waals surface area (Å²) in [5.74, 6) is 0.639. The number of hydrogen-bond donors (Lipinski definition) is 2. The predicted molar refractivity (Wildman–Crippen MR) is 29.8 cm³/mol. The first-order valence-electron chi connectivity index (χ1n) is 2.80. The van der Waals surface area contributed by atoms with Gasteiger partial charge in [0.05, 0.1) is 0 Å². The van der Waals surface area contributed by atoms with Crippen molar-refractivity contribution in [2.24, 2.45) is 17.4 Å². The zero-order valence-electron chi connectivity index (χ0n) is 4.43. The van der Waals surface area contributed by atoms with Crippen molar-refractivity contribution in [1.29, 1.82) is 0 Å². The van der Waals surface area contributed by atoms with Crippen molar-refractivity contribution >= 4 is 0 Å². The van der Waals surface area contributed by atoms with Crippen molar-refractivity contribution in [3.8, 4) is 0 Å². The van der Waals surface area contributed by atoms with Gasteiger partial charge in [-0.1, -0.05) is 0 Å². The van der Waals surface area contributed by atoms with Crippen LogP contribution in [0.1, 0.15) is 12.8 Å². The molecule has 2 heteroatoms. The molecule has 0 aromatic rings. The molecule has 0 radical (unpaired) electrons. The van der Waals surface area contributed by atoms with Crippen LogP contribution >= 0.6 is 0 Å². The van der Waals surface area contributed by atoms with Crippen molar-refractivity contribution in [3.63, 3.8) is 0 Å². The average molecular weight is 100 g/mol. The number of hydrogen-bond acceptors (Lipinski definition) is 2. The molecule has 1 rings (SSSR count). The Balaban J connectivity index is 2.16. The van der Waals surface area contributed by atoms with Crippen LogP contribution in [0.5, 0.6) is 0 Å². The molecule has 1 saturated carbocycles. The average Bonchev–Trinajstić information content (AvgIpc) is 1.65. The van der Waals surface area contributed by atoms with Crippen LogP contribution in [-0.2, 0) is 0 Å². The molecule has 0 aromatic carbocycles. The van der Waals surface area contributed by atoms with Crippen molar-refractivity contribution in [2.45, 2.75) is 18.9 Å². The highest BCUT2D eigenvalue weighted by molar-refractivity contribution is 4.83. The molecule has 1 aliphatic rings. The predicted octanol–water partition coefficient (Wildman–Crippen LogP) is -0.318. The lowest BCUT2D eigenvalue weighted by molar-refractivity contribution is 0.265. The van der Waals surface area contributed by atoms with Crippen LogP contribution in [0.25, 0.3) is 0 Å². The summed E-state index contributed by atoms with van der Waals surface area (Å²) in [4.78, 5) is 0. The Hall–Kier alpha value is -0.0800. The van der Waals surface area contributed by atoms with Gasteiger partial charge in [-0.15, -0.1) is 0 Å². The lowest BCUT2D eigenvalue weighted by atomic mass is 9.80. The zero-order valence-corrected chi connectivity index (χ0v) is 4.43. The molecule has 0 aliphatic heterocycles. The van der Waals surface area contributed by atoms with E-state index in [0.717, 1.165) is 6.54 Å². The second-order valence-corrected chi connectivity index (χ2v) is 2.24. The molecule has 2 atom stereocenters. The second-order valence-electron chi connectivity index (χ2n) is 2.24. The Morgan fingerprint density at radius 1 is 1.43 bits per heavy atom. The summed E-state index contributed by atoms with van der Waals surface area (Å²) in [5, 5.41) is 0. The molecule has 42 valence electrons. The minimum atomic E-state index is 0.421. The van der Waals surface area contributed by atoms with E-state index in [4.69, 9.17) is 11.5 Å². The highest BCUT2D eigenvalue weighted by Crippen LogP contribution is 2.23. The van der Waals surface area contributed by atoms with Crippen LogP contribution in [0.15, 0.2) is 0 Å². The molecule has 0 spiro atoms. The van der Waals surface area contributed by atoms with Crippen LogP contribution in [-0.4, -0.2) is 12.6 Å². The minimum absolute atomic E-state index is 0.421. The van der Waals surface area contributed by atoms with Crippen molar-refractivity contribution in [2.75, 3.05) is 6.54 Å². The largest absolute Gasteiger partial charge is 0.330 e. The number of rotatable bonds is 1. The highest BCUT2D eigenvalue weighted by Gasteiger charge is 2.24. The van der Waals surface area contributed by atoms with Crippen LogP contribution in [0, 0.1) is 5.92 Å². The third kappa shape index (κ3) is 0.763. The fourth-order valence-corrected chi connectivity index (χ4v) is 0.887. The Morgan fingerprint density at radius 3 is 2.14 bits per heavy atom. The standard InChI is InChI=1S/C5H12N2/c6-3-4-1-2-5(4)7/h4-5H,1-3,6-7H2. The maximum absolute atomic E-state index is 5.55. The molecule has 7 heavy (non-hydrogen) atoms. The first-order valence-corrected chi connectivity index (χ1v) is 2.80. The lowest BCUT2D eigenvalue weighted by Gasteiger charge is -2.31. The molecule has 0 aromatic heterocycles. The summed E-state index contributed by atoms with van der Waals surface area (Å²) in [5.41, 5.74) is 10.9. The molecular weight excluding hydrogens is 88.1 g/mol. The first-order chi connectivity index (χ1) is 3.34.